The fraction of sp³-hybridized carbons (Fsp3) is 0.458. The molecule has 3 aromatic rings. The number of carbonyl (C=O) groups is 1. The standard InChI is InChI=1S/C24H30N6O2/c1-29-21-8-3-2-7-18(21)19-9-10-30(14-22(19)29)13-17(31)12-25-24(32)20-11-23(27-15-26-20)28-16-5-4-6-16/h2-3,7-8,11,15-17,31H,4-6,9-10,12-14H2,1H3,(H,25,32)(H,26,27,28). The quantitative estimate of drug-likeness (QED) is 0.527. The van der Waals surface area contributed by atoms with Gasteiger partial charge in [0, 0.05) is 61.9 Å². The van der Waals surface area contributed by atoms with E-state index in [4.69, 9.17) is 0 Å². The van der Waals surface area contributed by atoms with E-state index in [0.29, 0.717) is 24.1 Å². The van der Waals surface area contributed by atoms with Crippen molar-refractivity contribution < 1.29 is 9.90 Å². The van der Waals surface area contributed by atoms with Crippen molar-refractivity contribution in [2.75, 3.05) is 25.0 Å². The summed E-state index contributed by atoms with van der Waals surface area (Å²) in [5.74, 6) is 0.382. The number of nitrogens with one attached hydrogen (secondary N) is 2. The number of rotatable bonds is 7. The van der Waals surface area contributed by atoms with Gasteiger partial charge in [0.25, 0.3) is 5.91 Å². The molecule has 0 saturated heterocycles. The lowest BCUT2D eigenvalue weighted by Gasteiger charge is -2.29. The molecule has 168 valence electrons. The third-order valence-corrected chi connectivity index (χ3v) is 6.72. The monoisotopic (exact) mass is 434 g/mol. The number of hydrogen-bond acceptors (Lipinski definition) is 6. The van der Waals surface area contributed by atoms with Crippen LogP contribution in [0.25, 0.3) is 10.9 Å². The predicted octanol–water partition coefficient (Wildman–Crippen LogP) is 2.08. The van der Waals surface area contributed by atoms with Crippen LogP contribution in [0.3, 0.4) is 0 Å². The maximum Gasteiger partial charge on any atom is 0.270 e. The Morgan fingerprint density at radius 3 is 2.94 bits per heavy atom. The van der Waals surface area contributed by atoms with Crippen molar-refractivity contribution in [3.63, 3.8) is 0 Å². The Bertz CT molecular complexity index is 1120. The molecule has 1 atom stereocenters. The predicted molar refractivity (Wildman–Crippen MR) is 124 cm³/mol. The second-order valence-corrected chi connectivity index (χ2v) is 8.91. The number of para-hydroxylation sites is 1. The van der Waals surface area contributed by atoms with Crippen LogP contribution in [0.15, 0.2) is 36.7 Å². The molecule has 1 aliphatic heterocycles. The Morgan fingerprint density at radius 1 is 1.28 bits per heavy atom. The Kier molecular flexibility index (Phi) is 5.80. The van der Waals surface area contributed by atoms with E-state index in [1.807, 2.05) is 0 Å². The van der Waals surface area contributed by atoms with E-state index in [1.54, 1.807) is 6.07 Å². The Morgan fingerprint density at radius 2 is 2.12 bits per heavy atom. The van der Waals surface area contributed by atoms with Gasteiger partial charge in [-0.1, -0.05) is 18.2 Å². The zero-order valence-corrected chi connectivity index (χ0v) is 18.4. The summed E-state index contributed by atoms with van der Waals surface area (Å²) in [6.07, 6.45) is 5.22. The highest BCUT2D eigenvalue weighted by Gasteiger charge is 2.24. The lowest BCUT2D eigenvalue weighted by atomic mass is 9.93. The second-order valence-electron chi connectivity index (χ2n) is 8.91. The minimum atomic E-state index is -0.649. The van der Waals surface area contributed by atoms with E-state index in [9.17, 15) is 9.90 Å². The summed E-state index contributed by atoms with van der Waals surface area (Å²) in [7, 11) is 2.11. The van der Waals surface area contributed by atoms with Gasteiger partial charge in [0.05, 0.1) is 6.10 Å². The lowest BCUT2D eigenvalue weighted by Crippen LogP contribution is -2.42. The highest BCUT2D eigenvalue weighted by atomic mass is 16.3. The summed E-state index contributed by atoms with van der Waals surface area (Å²) in [6.45, 7) is 2.40. The number of aliphatic hydroxyl groups excluding tert-OH is 1. The maximum absolute atomic E-state index is 12.5. The molecule has 8 heteroatoms. The summed E-state index contributed by atoms with van der Waals surface area (Å²) in [5.41, 5.74) is 4.29. The Balaban J connectivity index is 1.15. The van der Waals surface area contributed by atoms with Crippen LogP contribution in [0.4, 0.5) is 5.82 Å². The molecule has 1 aliphatic carbocycles. The van der Waals surface area contributed by atoms with E-state index < -0.39 is 6.10 Å². The van der Waals surface area contributed by atoms with Crippen LogP contribution < -0.4 is 10.6 Å². The number of anilines is 1. The largest absolute Gasteiger partial charge is 0.390 e. The van der Waals surface area contributed by atoms with Crippen molar-refractivity contribution >= 4 is 22.6 Å². The van der Waals surface area contributed by atoms with E-state index >= 15 is 0 Å². The Hall–Kier alpha value is -2.97. The zero-order valence-electron chi connectivity index (χ0n) is 18.4. The number of carbonyl (C=O) groups excluding carboxylic acids is 1. The minimum Gasteiger partial charge on any atom is -0.390 e. The molecule has 1 aromatic carbocycles. The van der Waals surface area contributed by atoms with Gasteiger partial charge in [0.2, 0.25) is 0 Å². The first kappa shape index (κ1) is 20.9. The summed E-state index contributed by atoms with van der Waals surface area (Å²) in [6, 6.07) is 10.6. The molecule has 2 aromatic heterocycles. The van der Waals surface area contributed by atoms with Crippen LogP contribution in [-0.2, 0) is 20.0 Å². The van der Waals surface area contributed by atoms with E-state index in [-0.39, 0.29) is 12.5 Å². The number of aliphatic hydroxyl groups is 1. The van der Waals surface area contributed by atoms with Gasteiger partial charge < -0.3 is 20.3 Å². The number of hydrogen-bond donors (Lipinski definition) is 3. The molecule has 1 amide bonds. The molecule has 32 heavy (non-hydrogen) atoms. The number of fused-ring (bicyclic) bond motifs is 3. The third kappa shape index (κ3) is 4.20. The van der Waals surface area contributed by atoms with Crippen molar-refractivity contribution in [3.8, 4) is 0 Å². The number of aromatic nitrogens is 3. The molecule has 8 nitrogen and oxygen atoms in total. The van der Waals surface area contributed by atoms with Gasteiger partial charge in [-0.05, 0) is 37.3 Å². The molecule has 3 heterocycles. The topological polar surface area (TPSA) is 95.3 Å². The molecule has 1 fully saturated rings. The van der Waals surface area contributed by atoms with Crippen molar-refractivity contribution in [3.05, 3.63) is 53.6 Å². The molecular formula is C24H30N6O2. The van der Waals surface area contributed by atoms with E-state index in [1.165, 1.54) is 34.9 Å². The van der Waals surface area contributed by atoms with Gasteiger partial charge in [0.1, 0.15) is 17.8 Å². The van der Waals surface area contributed by atoms with Gasteiger partial charge >= 0.3 is 0 Å². The number of benzene rings is 1. The van der Waals surface area contributed by atoms with Gasteiger partial charge in [-0.3, -0.25) is 9.69 Å². The molecule has 0 spiro atoms. The van der Waals surface area contributed by atoms with Crippen LogP contribution >= 0.6 is 0 Å². The smallest absolute Gasteiger partial charge is 0.270 e. The first-order valence-electron chi connectivity index (χ1n) is 11.4. The molecule has 1 saturated carbocycles. The van der Waals surface area contributed by atoms with Crippen LogP contribution in [0.5, 0.6) is 0 Å². The molecule has 5 rings (SSSR count). The number of nitrogens with zero attached hydrogens (tertiary/aromatic N) is 4. The van der Waals surface area contributed by atoms with Gasteiger partial charge in [-0.25, -0.2) is 9.97 Å². The number of amides is 1. The fourth-order valence-electron chi connectivity index (χ4n) is 4.71. The van der Waals surface area contributed by atoms with Crippen LogP contribution in [0, 0.1) is 0 Å². The molecule has 2 aliphatic rings. The summed E-state index contributed by atoms with van der Waals surface area (Å²) >= 11 is 0. The summed E-state index contributed by atoms with van der Waals surface area (Å²) in [5, 5.41) is 18.0. The van der Waals surface area contributed by atoms with Crippen LogP contribution in [0.2, 0.25) is 0 Å². The molecule has 3 N–H and O–H groups in total. The second kappa shape index (κ2) is 8.88. The first-order chi connectivity index (χ1) is 15.6. The van der Waals surface area contributed by atoms with Crippen molar-refractivity contribution in [2.45, 2.75) is 44.4 Å². The van der Waals surface area contributed by atoms with Gasteiger partial charge in [0.15, 0.2) is 0 Å². The highest BCUT2D eigenvalue weighted by molar-refractivity contribution is 5.92. The minimum absolute atomic E-state index is 0.187. The molecular weight excluding hydrogens is 404 g/mol. The number of aryl methyl sites for hydroxylation is 1. The van der Waals surface area contributed by atoms with Crippen molar-refractivity contribution in [2.24, 2.45) is 7.05 Å². The van der Waals surface area contributed by atoms with E-state index in [2.05, 4.69) is 61.4 Å². The highest BCUT2D eigenvalue weighted by Crippen LogP contribution is 2.29. The van der Waals surface area contributed by atoms with Crippen LogP contribution in [-0.4, -0.2) is 62.2 Å². The third-order valence-electron chi connectivity index (χ3n) is 6.72. The fourth-order valence-corrected chi connectivity index (χ4v) is 4.71. The lowest BCUT2D eigenvalue weighted by molar-refractivity contribution is 0.0834. The molecule has 0 radical (unpaired) electrons. The normalized spacial score (nSPS) is 17.6. The average Bonchev–Trinajstić information content (AvgIpc) is 3.07. The summed E-state index contributed by atoms with van der Waals surface area (Å²) in [4.78, 5) is 23.0. The van der Waals surface area contributed by atoms with Crippen molar-refractivity contribution in [1.82, 2.24) is 24.8 Å². The zero-order chi connectivity index (χ0) is 22.1. The number of β-amino-alcohol motifs (C(OH)–C–C–N with tert-alkyl or cyclic N) is 1. The average molecular weight is 435 g/mol. The summed E-state index contributed by atoms with van der Waals surface area (Å²) < 4.78 is 2.26. The molecule has 1 unspecified atom stereocenters. The van der Waals surface area contributed by atoms with Gasteiger partial charge in [-0.15, -0.1) is 0 Å². The maximum atomic E-state index is 12.5. The van der Waals surface area contributed by atoms with E-state index in [0.717, 1.165) is 32.4 Å². The first-order valence-corrected chi connectivity index (χ1v) is 11.4. The SMILES string of the molecule is Cn1c2c(c3ccccc31)CCN(CC(O)CNC(=O)c1cc(NC3CCC3)ncn1)C2. The molecule has 0 bridgehead atoms. The van der Waals surface area contributed by atoms with Gasteiger partial charge in [-0.2, -0.15) is 0 Å². The van der Waals surface area contributed by atoms with Crippen LogP contribution in [0.1, 0.15) is 41.0 Å². The van der Waals surface area contributed by atoms with Crippen molar-refractivity contribution in [1.29, 1.82) is 0 Å². The Labute approximate surface area is 187 Å².